The molecule has 1 unspecified atom stereocenters. The fourth-order valence-corrected chi connectivity index (χ4v) is 4.75. The Balaban J connectivity index is 1.51. The average Bonchev–Trinajstić information content (AvgIpc) is 2.83. The Labute approximate surface area is 204 Å². The quantitative estimate of drug-likeness (QED) is 0.357. The number of sulfone groups is 1. The van der Waals surface area contributed by atoms with Gasteiger partial charge in [-0.2, -0.15) is 0 Å². The normalized spacial score (nSPS) is 12.3. The molecule has 0 aliphatic rings. The summed E-state index contributed by atoms with van der Waals surface area (Å²) in [5, 5.41) is 3.83. The second-order valence-electron chi connectivity index (χ2n) is 8.32. The molecule has 1 amide bonds. The third kappa shape index (κ3) is 5.78. The van der Waals surface area contributed by atoms with Crippen LogP contribution < -0.4 is 15.8 Å². The van der Waals surface area contributed by atoms with Crippen molar-refractivity contribution in [3.05, 3.63) is 78.9 Å². The molecule has 0 radical (unpaired) electrons. The predicted octanol–water partition coefficient (Wildman–Crippen LogP) is 5.07. The van der Waals surface area contributed by atoms with Crippen LogP contribution in [0.2, 0.25) is 0 Å². The first-order chi connectivity index (χ1) is 16.7. The van der Waals surface area contributed by atoms with Gasteiger partial charge in [0.1, 0.15) is 11.6 Å². The number of nitrogens with two attached hydrogens (primary N) is 1. The van der Waals surface area contributed by atoms with Crippen LogP contribution in [-0.2, 0) is 14.6 Å². The number of pyridine rings is 1. The fourth-order valence-electron chi connectivity index (χ4n) is 3.84. The molecule has 1 aromatic heterocycles. The van der Waals surface area contributed by atoms with E-state index >= 15 is 0 Å². The smallest absolute Gasteiger partial charge is 0.265 e. The lowest BCUT2D eigenvalue weighted by Crippen LogP contribution is -2.32. The van der Waals surface area contributed by atoms with Gasteiger partial charge in [0.15, 0.2) is 15.9 Å². The molecule has 4 rings (SSSR count). The van der Waals surface area contributed by atoms with Gasteiger partial charge in [-0.15, -0.1) is 0 Å². The maximum atomic E-state index is 13.0. The van der Waals surface area contributed by atoms with Crippen molar-refractivity contribution in [2.24, 2.45) is 0 Å². The SMILES string of the molecule is CCCC(Oc1ccc2ccc(N)nc2c1)C(=O)Nc1ccc(-c2ccccc2S(C)(=O)=O)cc1. The molecule has 3 aromatic carbocycles. The van der Waals surface area contributed by atoms with E-state index in [2.05, 4.69) is 10.3 Å². The molecule has 3 N–H and O–H groups in total. The minimum atomic E-state index is -3.37. The lowest BCUT2D eigenvalue weighted by Gasteiger charge is -2.19. The molecule has 0 spiro atoms. The average molecular weight is 490 g/mol. The summed E-state index contributed by atoms with van der Waals surface area (Å²) < 4.78 is 30.3. The van der Waals surface area contributed by atoms with Gasteiger partial charge in [-0.3, -0.25) is 4.79 Å². The zero-order valence-electron chi connectivity index (χ0n) is 19.6. The Kier molecular flexibility index (Phi) is 7.02. The molecule has 180 valence electrons. The standard InChI is InChI=1S/C27H27N3O4S/c1-3-6-24(34-21-15-11-19-12-16-26(28)30-23(19)17-21)27(31)29-20-13-9-18(10-14-20)22-7-4-5-8-25(22)35(2,32)33/h4-5,7-17,24H,3,6H2,1-2H3,(H2,28,30)(H,29,31). The molecule has 0 fully saturated rings. The van der Waals surface area contributed by atoms with Crippen LogP contribution in [-0.4, -0.2) is 31.7 Å². The highest BCUT2D eigenvalue weighted by atomic mass is 32.2. The van der Waals surface area contributed by atoms with E-state index in [0.29, 0.717) is 34.8 Å². The highest BCUT2D eigenvalue weighted by Crippen LogP contribution is 2.28. The van der Waals surface area contributed by atoms with E-state index in [1.165, 1.54) is 6.26 Å². The highest BCUT2D eigenvalue weighted by molar-refractivity contribution is 7.90. The van der Waals surface area contributed by atoms with Crippen LogP contribution in [0.4, 0.5) is 11.5 Å². The molecular formula is C27H27N3O4S. The highest BCUT2D eigenvalue weighted by Gasteiger charge is 2.20. The number of benzene rings is 3. The summed E-state index contributed by atoms with van der Waals surface area (Å²) in [7, 11) is -3.37. The number of hydrogen-bond acceptors (Lipinski definition) is 6. The lowest BCUT2D eigenvalue weighted by molar-refractivity contribution is -0.123. The second kappa shape index (κ2) is 10.1. The minimum absolute atomic E-state index is 0.264. The van der Waals surface area contributed by atoms with Gasteiger partial charge in [0, 0.05) is 29.0 Å². The van der Waals surface area contributed by atoms with Crippen molar-refractivity contribution in [3.63, 3.8) is 0 Å². The molecule has 0 saturated heterocycles. The molecule has 7 nitrogen and oxygen atoms in total. The van der Waals surface area contributed by atoms with E-state index in [-0.39, 0.29) is 10.8 Å². The van der Waals surface area contributed by atoms with Crippen LogP contribution in [0.3, 0.4) is 0 Å². The number of carbonyl (C=O) groups is 1. The van der Waals surface area contributed by atoms with Gasteiger partial charge in [0.25, 0.3) is 5.91 Å². The molecule has 0 saturated carbocycles. The predicted molar refractivity (Wildman–Crippen MR) is 139 cm³/mol. The largest absolute Gasteiger partial charge is 0.481 e. The lowest BCUT2D eigenvalue weighted by atomic mass is 10.1. The molecule has 1 atom stereocenters. The third-order valence-electron chi connectivity index (χ3n) is 5.56. The Bertz CT molecular complexity index is 1470. The van der Waals surface area contributed by atoms with E-state index < -0.39 is 15.9 Å². The summed E-state index contributed by atoms with van der Waals surface area (Å²) >= 11 is 0. The van der Waals surface area contributed by atoms with Crippen molar-refractivity contribution in [1.82, 2.24) is 4.98 Å². The Morgan fingerprint density at radius 2 is 1.74 bits per heavy atom. The number of aromatic nitrogens is 1. The first kappa shape index (κ1) is 24.2. The second-order valence-corrected chi connectivity index (χ2v) is 10.3. The fraction of sp³-hybridized carbons (Fsp3) is 0.185. The van der Waals surface area contributed by atoms with E-state index in [1.807, 2.05) is 25.1 Å². The zero-order valence-corrected chi connectivity index (χ0v) is 20.4. The zero-order chi connectivity index (χ0) is 25.0. The Hall–Kier alpha value is -3.91. The summed E-state index contributed by atoms with van der Waals surface area (Å²) in [5.74, 6) is 0.689. The number of anilines is 2. The molecule has 1 heterocycles. The number of hydrogen-bond donors (Lipinski definition) is 2. The molecule has 0 aliphatic carbocycles. The number of nitrogens with zero attached hydrogens (tertiary/aromatic N) is 1. The monoisotopic (exact) mass is 489 g/mol. The van der Waals surface area contributed by atoms with Crippen LogP contribution in [0.15, 0.2) is 83.8 Å². The number of fused-ring (bicyclic) bond motifs is 1. The van der Waals surface area contributed by atoms with E-state index in [9.17, 15) is 13.2 Å². The maximum Gasteiger partial charge on any atom is 0.265 e. The van der Waals surface area contributed by atoms with E-state index in [4.69, 9.17) is 10.5 Å². The van der Waals surface area contributed by atoms with E-state index in [1.54, 1.807) is 60.7 Å². The topological polar surface area (TPSA) is 111 Å². The van der Waals surface area contributed by atoms with Crippen molar-refractivity contribution in [3.8, 4) is 16.9 Å². The number of amides is 1. The number of carbonyl (C=O) groups excluding carboxylic acids is 1. The van der Waals surface area contributed by atoms with Gasteiger partial charge in [-0.05, 0) is 54.4 Å². The van der Waals surface area contributed by atoms with E-state index in [0.717, 1.165) is 17.4 Å². The Morgan fingerprint density at radius 3 is 2.46 bits per heavy atom. The first-order valence-corrected chi connectivity index (χ1v) is 13.2. The summed E-state index contributed by atoms with van der Waals surface area (Å²) in [6.07, 6.45) is 1.80. The molecule has 35 heavy (non-hydrogen) atoms. The summed E-state index contributed by atoms with van der Waals surface area (Å²) in [6.45, 7) is 1.99. The molecule has 0 bridgehead atoms. The van der Waals surface area contributed by atoms with Crippen molar-refractivity contribution in [1.29, 1.82) is 0 Å². The molecule has 8 heteroatoms. The van der Waals surface area contributed by atoms with Crippen LogP contribution in [0.1, 0.15) is 19.8 Å². The molecule has 4 aromatic rings. The number of ether oxygens (including phenoxy) is 1. The summed E-state index contributed by atoms with van der Waals surface area (Å²) in [4.78, 5) is 17.6. The van der Waals surface area contributed by atoms with Gasteiger partial charge in [0.2, 0.25) is 0 Å². The van der Waals surface area contributed by atoms with Gasteiger partial charge >= 0.3 is 0 Å². The summed E-state index contributed by atoms with van der Waals surface area (Å²) in [5.41, 5.74) is 8.44. The number of nitrogen functional groups attached to an aromatic ring is 1. The van der Waals surface area contributed by atoms with Crippen LogP contribution in [0.5, 0.6) is 5.75 Å². The molecule has 0 aliphatic heterocycles. The van der Waals surface area contributed by atoms with Gasteiger partial charge in [-0.25, -0.2) is 13.4 Å². The van der Waals surface area contributed by atoms with Crippen molar-refractivity contribution < 1.29 is 17.9 Å². The van der Waals surface area contributed by atoms with Gasteiger partial charge in [-0.1, -0.05) is 43.7 Å². The van der Waals surface area contributed by atoms with Gasteiger partial charge < -0.3 is 15.8 Å². The van der Waals surface area contributed by atoms with Gasteiger partial charge in [0.05, 0.1) is 10.4 Å². The van der Waals surface area contributed by atoms with Crippen LogP contribution in [0, 0.1) is 0 Å². The van der Waals surface area contributed by atoms with Crippen LogP contribution >= 0.6 is 0 Å². The van der Waals surface area contributed by atoms with Crippen LogP contribution in [0.25, 0.3) is 22.0 Å². The van der Waals surface area contributed by atoms with Crippen molar-refractivity contribution in [2.45, 2.75) is 30.8 Å². The van der Waals surface area contributed by atoms with Crippen molar-refractivity contribution in [2.75, 3.05) is 17.3 Å². The Morgan fingerprint density at radius 1 is 1.03 bits per heavy atom. The maximum absolute atomic E-state index is 13.0. The molecular weight excluding hydrogens is 462 g/mol. The number of rotatable bonds is 8. The first-order valence-electron chi connectivity index (χ1n) is 11.3. The minimum Gasteiger partial charge on any atom is -0.481 e. The van der Waals surface area contributed by atoms with Crippen molar-refractivity contribution >= 4 is 38.2 Å². The third-order valence-corrected chi connectivity index (χ3v) is 6.71. The number of nitrogens with one attached hydrogen (secondary N) is 1. The summed E-state index contributed by atoms with van der Waals surface area (Å²) in [6, 6.07) is 23.0.